The molecule has 32 heavy (non-hydrogen) atoms. The van der Waals surface area contributed by atoms with E-state index in [9.17, 15) is 14.0 Å². The van der Waals surface area contributed by atoms with Crippen LogP contribution in [-0.4, -0.2) is 12.5 Å². The molecular weight excluding hydrogens is 409 g/mol. The van der Waals surface area contributed by atoms with Crippen LogP contribution in [0.2, 0.25) is 0 Å². The third-order valence-electron chi connectivity index (χ3n) is 5.13. The molecule has 0 spiro atoms. The van der Waals surface area contributed by atoms with E-state index in [4.69, 9.17) is 9.15 Å². The molecule has 1 aromatic heterocycles. The lowest BCUT2D eigenvalue weighted by atomic mass is 10.1. The fourth-order valence-corrected chi connectivity index (χ4v) is 3.43. The SMILES string of the molecule is Cc1cc(=O)oc2cc(OCc3ccc(C(=O)NCCc4cccc(F)c4)cc3)ccc12. The summed E-state index contributed by atoms with van der Waals surface area (Å²) in [7, 11) is 0. The van der Waals surface area contributed by atoms with Gasteiger partial charge < -0.3 is 14.5 Å². The maximum Gasteiger partial charge on any atom is 0.336 e. The van der Waals surface area contributed by atoms with Gasteiger partial charge in [0.1, 0.15) is 23.8 Å². The Morgan fingerprint density at radius 2 is 1.81 bits per heavy atom. The first kappa shape index (κ1) is 21.3. The van der Waals surface area contributed by atoms with Crippen LogP contribution in [0.4, 0.5) is 4.39 Å². The van der Waals surface area contributed by atoms with Crippen molar-refractivity contribution in [1.29, 1.82) is 0 Å². The molecular formula is C26H22FNO4. The summed E-state index contributed by atoms with van der Waals surface area (Å²) >= 11 is 0. The lowest BCUT2D eigenvalue weighted by molar-refractivity contribution is 0.0954. The lowest BCUT2D eigenvalue weighted by Crippen LogP contribution is -2.25. The number of halogens is 1. The van der Waals surface area contributed by atoms with E-state index in [2.05, 4.69) is 5.32 Å². The molecule has 0 saturated carbocycles. The maximum atomic E-state index is 13.2. The highest BCUT2D eigenvalue weighted by molar-refractivity contribution is 5.94. The summed E-state index contributed by atoms with van der Waals surface area (Å²) in [5.41, 5.74) is 3.21. The average molecular weight is 431 g/mol. The predicted octanol–water partition coefficient (Wildman–Crippen LogP) is 4.79. The standard InChI is InChI=1S/C26H22FNO4/c1-17-13-25(29)32-24-15-22(9-10-23(17)24)31-16-19-5-7-20(8-6-19)26(30)28-12-11-18-3-2-4-21(27)14-18/h2-10,13-15H,11-12,16H2,1H3,(H,28,30). The van der Waals surface area contributed by atoms with Gasteiger partial charge in [0.2, 0.25) is 0 Å². The molecule has 0 aliphatic rings. The van der Waals surface area contributed by atoms with Crippen LogP contribution in [0.1, 0.15) is 27.0 Å². The molecule has 5 nitrogen and oxygen atoms in total. The molecule has 0 fully saturated rings. The number of fused-ring (bicyclic) bond motifs is 1. The fourth-order valence-electron chi connectivity index (χ4n) is 3.43. The van der Waals surface area contributed by atoms with E-state index in [1.807, 2.05) is 37.3 Å². The fraction of sp³-hybridized carbons (Fsp3) is 0.154. The molecule has 0 radical (unpaired) electrons. The first-order chi connectivity index (χ1) is 15.5. The molecule has 0 bridgehead atoms. The molecule has 4 aromatic rings. The summed E-state index contributed by atoms with van der Waals surface area (Å²) in [4.78, 5) is 23.9. The largest absolute Gasteiger partial charge is 0.489 e. The van der Waals surface area contributed by atoms with E-state index in [1.54, 1.807) is 24.3 Å². The van der Waals surface area contributed by atoms with Gasteiger partial charge in [-0.2, -0.15) is 0 Å². The monoisotopic (exact) mass is 431 g/mol. The minimum atomic E-state index is -0.392. The minimum Gasteiger partial charge on any atom is -0.489 e. The molecule has 0 atom stereocenters. The molecule has 0 aliphatic carbocycles. The van der Waals surface area contributed by atoms with Crippen LogP contribution >= 0.6 is 0 Å². The Balaban J connectivity index is 1.32. The molecule has 1 N–H and O–H groups in total. The number of nitrogens with one attached hydrogen (secondary N) is 1. The van der Waals surface area contributed by atoms with Crippen LogP contribution in [0, 0.1) is 12.7 Å². The number of carbonyl (C=O) groups excluding carboxylic acids is 1. The Labute approximate surface area is 184 Å². The number of rotatable bonds is 7. The number of hydrogen-bond donors (Lipinski definition) is 1. The molecule has 162 valence electrons. The zero-order chi connectivity index (χ0) is 22.5. The highest BCUT2D eigenvalue weighted by atomic mass is 19.1. The van der Waals surface area contributed by atoms with Gasteiger partial charge in [-0.1, -0.05) is 24.3 Å². The second-order valence-electron chi connectivity index (χ2n) is 7.53. The molecule has 1 heterocycles. The third-order valence-corrected chi connectivity index (χ3v) is 5.13. The van der Waals surface area contributed by atoms with E-state index < -0.39 is 5.63 Å². The Morgan fingerprint density at radius 1 is 1.00 bits per heavy atom. The number of hydrogen-bond acceptors (Lipinski definition) is 4. The van der Waals surface area contributed by atoms with E-state index in [0.29, 0.717) is 36.5 Å². The molecule has 1 amide bonds. The second-order valence-corrected chi connectivity index (χ2v) is 7.53. The quantitative estimate of drug-likeness (QED) is 0.427. The summed E-state index contributed by atoms with van der Waals surface area (Å²) in [6, 6.07) is 20.3. The Morgan fingerprint density at radius 3 is 2.59 bits per heavy atom. The molecule has 0 unspecified atom stereocenters. The van der Waals surface area contributed by atoms with Crippen molar-refractivity contribution in [2.24, 2.45) is 0 Å². The van der Waals surface area contributed by atoms with Crippen molar-refractivity contribution in [2.75, 3.05) is 6.54 Å². The summed E-state index contributed by atoms with van der Waals surface area (Å²) in [5, 5.41) is 3.71. The number of ether oxygens (including phenoxy) is 1. The second kappa shape index (κ2) is 9.47. The van der Waals surface area contributed by atoms with E-state index in [0.717, 1.165) is 22.1 Å². The lowest BCUT2D eigenvalue weighted by Gasteiger charge is -2.09. The van der Waals surface area contributed by atoms with Crippen molar-refractivity contribution in [1.82, 2.24) is 5.32 Å². The molecule has 4 rings (SSSR count). The van der Waals surface area contributed by atoms with Crippen LogP contribution in [0.3, 0.4) is 0 Å². The summed E-state index contributed by atoms with van der Waals surface area (Å²) in [6.45, 7) is 2.59. The van der Waals surface area contributed by atoms with Gasteiger partial charge in [-0.05, 0) is 66.4 Å². The Kier molecular flexibility index (Phi) is 6.31. The zero-order valence-electron chi connectivity index (χ0n) is 17.6. The number of aryl methyl sites for hydroxylation is 1. The molecule has 3 aromatic carbocycles. The molecule has 0 aliphatic heterocycles. The van der Waals surface area contributed by atoms with Gasteiger partial charge in [0, 0.05) is 29.6 Å². The summed E-state index contributed by atoms with van der Waals surface area (Å²) in [5.74, 6) is 0.120. The summed E-state index contributed by atoms with van der Waals surface area (Å²) in [6.07, 6.45) is 0.556. The van der Waals surface area contributed by atoms with Crippen molar-refractivity contribution in [3.05, 3.63) is 111 Å². The normalized spacial score (nSPS) is 10.8. The zero-order valence-corrected chi connectivity index (χ0v) is 17.6. The first-order valence-electron chi connectivity index (χ1n) is 10.3. The number of carbonyl (C=O) groups is 1. The number of benzene rings is 3. The third kappa shape index (κ3) is 5.21. The van der Waals surface area contributed by atoms with Gasteiger partial charge in [0.15, 0.2) is 0 Å². The average Bonchev–Trinajstić information content (AvgIpc) is 2.77. The topological polar surface area (TPSA) is 68.5 Å². The van der Waals surface area contributed by atoms with E-state index in [-0.39, 0.29) is 11.7 Å². The van der Waals surface area contributed by atoms with Gasteiger partial charge >= 0.3 is 5.63 Å². The Hall–Kier alpha value is -3.93. The first-order valence-corrected chi connectivity index (χ1v) is 10.3. The van der Waals surface area contributed by atoms with Gasteiger partial charge in [-0.15, -0.1) is 0 Å². The molecule has 6 heteroatoms. The van der Waals surface area contributed by atoms with Gasteiger partial charge in [-0.25, -0.2) is 9.18 Å². The van der Waals surface area contributed by atoms with Crippen molar-refractivity contribution >= 4 is 16.9 Å². The maximum absolute atomic E-state index is 13.2. The van der Waals surface area contributed by atoms with Crippen molar-refractivity contribution < 1.29 is 18.3 Å². The number of amides is 1. The predicted molar refractivity (Wildman–Crippen MR) is 120 cm³/mol. The van der Waals surface area contributed by atoms with Gasteiger partial charge in [0.05, 0.1) is 0 Å². The smallest absolute Gasteiger partial charge is 0.336 e. The van der Waals surface area contributed by atoms with Crippen LogP contribution < -0.4 is 15.7 Å². The van der Waals surface area contributed by atoms with Crippen LogP contribution in [0.25, 0.3) is 11.0 Å². The van der Waals surface area contributed by atoms with Crippen molar-refractivity contribution in [3.63, 3.8) is 0 Å². The highest BCUT2D eigenvalue weighted by Gasteiger charge is 2.07. The van der Waals surface area contributed by atoms with Gasteiger partial charge in [-0.3, -0.25) is 4.79 Å². The molecule has 0 saturated heterocycles. The van der Waals surface area contributed by atoms with Gasteiger partial charge in [0.25, 0.3) is 5.91 Å². The van der Waals surface area contributed by atoms with Crippen LogP contribution in [-0.2, 0) is 13.0 Å². The summed E-state index contributed by atoms with van der Waals surface area (Å²) < 4.78 is 24.3. The minimum absolute atomic E-state index is 0.186. The Bertz CT molecular complexity index is 1310. The van der Waals surface area contributed by atoms with E-state index >= 15 is 0 Å². The van der Waals surface area contributed by atoms with Crippen molar-refractivity contribution in [2.45, 2.75) is 20.0 Å². The highest BCUT2D eigenvalue weighted by Crippen LogP contribution is 2.23. The van der Waals surface area contributed by atoms with Crippen molar-refractivity contribution in [3.8, 4) is 5.75 Å². The van der Waals surface area contributed by atoms with Crippen LogP contribution in [0.5, 0.6) is 5.75 Å². The van der Waals surface area contributed by atoms with Crippen LogP contribution in [0.15, 0.2) is 82.0 Å². The van der Waals surface area contributed by atoms with E-state index in [1.165, 1.54) is 18.2 Å².